The number of nitrogens with zero attached hydrogens (tertiary/aromatic N) is 1. The molecule has 0 saturated heterocycles. The average Bonchev–Trinajstić information content (AvgIpc) is 4.08. The lowest BCUT2D eigenvalue weighted by Gasteiger charge is -2.36. The summed E-state index contributed by atoms with van der Waals surface area (Å²) in [5.74, 6) is 0. The van der Waals surface area contributed by atoms with E-state index in [0.29, 0.717) is 0 Å². The van der Waals surface area contributed by atoms with Crippen molar-refractivity contribution in [3.63, 3.8) is 0 Å². The number of furan rings is 2. The van der Waals surface area contributed by atoms with Gasteiger partial charge in [0.1, 0.15) is 22.3 Å². The highest BCUT2D eigenvalue weighted by molar-refractivity contribution is 6.15. The van der Waals surface area contributed by atoms with Gasteiger partial charge in [-0.3, -0.25) is 0 Å². The maximum atomic E-state index is 6.96. The Morgan fingerprint density at radius 2 is 0.866 bits per heavy atom. The van der Waals surface area contributed by atoms with Crippen LogP contribution in [-0.2, 0) is 10.8 Å². The van der Waals surface area contributed by atoms with Crippen LogP contribution >= 0.6 is 0 Å². The van der Waals surface area contributed by atoms with Crippen LogP contribution in [0.4, 0.5) is 17.1 Å². The van der Waals surface area contributed by atoms with Crippen molar-refractivity contribution in [2.45, 2.75) is 24.7 Å². The van der Waals surface area contributed by atoms with E-state index in [1.165, 1.54) is 72.3 Å². The number of hydrogen-bond donors (Lipinski definition) is 0. The molecule has 2 aromatic heterocycles. The van der Waals surface area contributed by atoms with Crippen molar-refractivity contribution in [2.75, 3.05) is 4.90 Å². The quantitative estimate of drug-likeness (QED) is 0.177. The van der Waals surface area contributed by atoms with Gasteiger partial charge < -0.3 is 13.7 Å². The summed E-state index contributed by atoms with van der Waals surface area (Å²) in [7, 11) is 0. The van der Waals surface area contributed by atoms with E-state index in [2.05, 4.69) is 231 Å². The van der Waals surface area contributed by atoms with E-state index < -0.39 is 5.41 Å². The average molecular weight is 856 g/mol. The molecule has 15 rings (SSSR count). The topological polar surface area (TPSA) is 29.5 Å². The fourth-order valence-electron chi connectivity index (χ4n) is 12.7. The number of anilines is 3. The summed E-state index contributed by atoms with van der Waals surface area (Å²) < 4.78 is 13.6. The van der Waals surface area contributed by atoms with Crippen molar-refractivity contribution in [1.82, 2.24) is 0 Å². The van der Waals surface area contributed by atoms with Gasteiger partial charge in [-0.2, -0.15) is 0 Å². The molecule has 12 aromatic rings. The molecule has 0 radical (unpaired) electrons. The van der Waals surface area contributed by atoms with Crippen LogP contribution in [0.15, 0.2) is 221 Å². The van der Waals surface area contributed by atoms with E-state index in [1.54, 1.807) is 0 Å². The molecule has 3 heteroatoms. The van der Waals surface area contributed by atoms with Crippen molar-refractivity contribution in [3.05, 3.63) is 246 Å². The molecule has 0 N–H and O–H groups in total. The molecule has 67 heavy (non-hydrogen) atoms. The Morgan fingerprint density at radius 1 is 0.343 bits per heavy atom. The van der Waals surface area contributed by atoms with Crippen molar-refractivity contribution in [2.24, 2.45) is 0 Å². The molecule has 0 saturated carbocycles. The van der Waals surface area contributed by atoms with Crippen molar-refractivity contribution in [3.8, 4) is 44.5 Å². The second-order valence-corrected chi connectivity index (χ2v) is 19.1. The third-order valence-electron chi connectivity index (χ3n) is 15.5. The molecular weight excluding hydrogens is 815 g/mol. The van der Waals surface area contributed by atoms with Crippen LogP contribution in [0.5, 0.6) is 0 Å². The van der Waals surface area contributed by atoms with Crippen LogP contribution in [-0.4, -0.2) is 0 Å². The predicted octanol–water partition coefficient (Wildman–Crippen LogP) is 17.3. The minimum atomic E-state index is -0.721. The molecule has 0 aliphatic heterocycles. The highest BCUT2D eigenvalue weighted by atomic mass is 16.3. The molecule has 0 amide bonds. The van der Waals surface area contributed by atoms with Crippen LogP contribution in [0, 0.1) is 0 Å². The molecule has 3 aliphatic carbocycles. The van der Waals surface area contributed by atoms with Crippen LogP contribution in [0.25, 0.3) is 88.4 Å². The molecule has 1 spiro atoms. The Bertz CT molecular complexity index is 4110. The molecule has 10 aromatic carbocycles. The second-order valence-electron chi connectivity index (χ2n) is 19.1. The van der Waals surface area contributed by atoms with Crippen LogP contribution in [0.2, 0.25) is 0 Å². The maximum absolute atomic E-state index is 6.96. The Hall–Kier alpha value is -8.40. The Kier molecular flexibility index (Phi) is 7.22. The van der Waals surface area contributed by atoms with Gasteiger partial charge in [-0.1, -0.05) is 178 Å². The lowest BCUT2D eigenvalue weighted by molar-refractivity contribution is 0.660. The number of rotatable bonds is 3. The van der Waals surface area contributed by atoms with E-state index in [1.807, 2.05) is 0 Å². The van der Waals surface area contributed by atoms with Crippen molar-refractivity contribution >= 4 is 60.9 Å². The zero-order valence-electron chi connectivity index (χ0n) is 37.0. The highest BCUT2D eigenvalue weighted by Gasteiger charge is 2.51. The van der Waals surface area contributed by atoms with Gasteiger partial charge in [0.2, 0.25) is 0 Å². The summed E-state index contributed by atoms with van der Waals surface area (Å²) in [4.78, 5) is 2.49. The van der Waals surface area contributed by atoms with Gasteiger partial charge in [0.15, 0.2) is 0 Å². The third kappa shape index (κ3) is 4.70. The zero-order chi connectivity index (χ0) is 44.2. The van der Waals surface area contributed by atoms with Crippen LogP contribution < -0.4 is 4.90 Å². The van der Waals surface area contributed by atoms with Crippen molar-refractivity contribution in [1.29, 1.82) is 0 Å². The van der Waals surface area contributed by atoms with E-state index in [9.17, 15) is 0 Å². The van der Waals surface area contributed by atoms with Gasteiger partial charge in [0.25, 0.3) is 0 Å². The predicted molar refractivity (Wildman–Crippen MR) is 275 cm³/mol. The number of benzene rings is 10. The number of para-hydroxylation sites is 2. The Morgan fingerprint density at radius 3 is 1.60 bits per heavy atom. The van der Waals surface area contributed by atoms with Gasteiger partial charge in [-0.25, -0.2) is 0 Å². The molecule has 2 heterocycles. The molecule has 0 bridgehead atoms. The lowest BCUT2D eigenvalue weighted by Crippen LogP contribution is -2.29. The number of hydrogen-bond acceptors (Lipinski definition) is 3. The van der Waals surface area contributed by atoms with Crippen molar-refractivity contribution < 1.29 is 8.83 Å². The summed E-state index contributed by atoms with van der Waals surface area (Å²) in [6.45, 7) is 4.73. The minimum Gasteiger partial charge on any atom is -0.456 e. The maximum Gasteiger partial charge on any atom is 0.143 e. The van der Waals surface area contributed by atoms with Gasteiger partial charge in [-0.15, -0.1) is 0 Å². The van der Waals surface area contributed by atoms with E-state index in [4.69, 9.17) is 8.83 Å². The smallest absolute Gasteiger partial charge is 0.143 e. The third-order valence-corrected chi connectivity index (χ3v) is 15.5. The van der Waals surface area contributed by atoms with Gasteiger partial charge in [0, 0.05) is 38.5 Å². The SMILES string of the molecule is CC1(C)c2ccccc2-c2ccc(N(c3ccc4c(c3)C3(c5ccccc5-c5ccccc5-4)c4ccccc4-c4c3ccc3c4oc4ccccc43)c3cccc4oc5ccccc5c34)cc21. The van der Waals surface area contributed by atoms with Gasteiger partial charge in [0.05, 0.1) is 16.5 Å². The molecule has 3 nitrogen and oxygen atoms in total. The molecule has 3 aliphatic rings. The monoisotopic (exact) mass is 855 g/mol. The molecule has 1 unspecified atom stereocenters. The van der Waals surface area contributed by atoms with E-state index >= 15 is 0 Å². The number of fused-ring (bicyclic) bond motifs is 22. The highest BCUT2D eigenvalue weighted by Crippen LogP contribution is 2.64. The molecule has 0 fully saturated rings. The lowest BCUT2D eigenvalue weighted by atomic mass is 9.65. The summed E-state index contributed by atoms with van der Waals surface area (Å²) >= 11 is 0. The summed E-state index contributed by atoms with van der Waals surface area (Å²) in [6, 6.07) is 78.5. The summed E-state index contributed by atoms with van der Waals surface area (Å²) in [6.07, 6.45) is 0. The molecule has 1 atom stereocenters. The first-order chi connectivity index (χ1) is 33.0. The minimum absolute atomic E-state index is 0.188. The Balaban J connectivity index is 1.08. The Labute approximate surface area is 387 Å². The fraction of sp³-hybridized carbons (Fsp3) is 0.0625. The summed E-state index contributed by atoms with van der Waals surface area (Å²) in [5.41, 5.74) is 23.4. The first-order valence-electron chi connectivity index (χ1n) is 23.3. The largest absolute Gasteiger partial charge is 0.456 e. The van der Waals surface area contributed by atoms with Crippen LogP contribution in [0.1, 0.15) is 47.2 Å². The standard InChI is InChI=1S/C64H41NO2/c1-63(2)50-23-10-5-19-43(50)45-33-31-38(36-54(45)63)65(56-26-15-29-59-61(56)49-22-9-14-28-58(49)66-59)39-30-32-44-41-17-4-3-16-40(41)42-18-6-11-24-51(42)64(55(44)37-39)52-25-12-7-21-48(52)60-53(64)35-34-47-46-20-8-13-27-57(46)67-62(47)60/h3-37H,1-2H3. The molecule has 314 valence electrons. The van der Waals surface area contributed by atoms with Gasteiger partial charge in [-0.05, 0) is 121 Å². The van der Waals surface area contributed by atoms with E-state index in [-0.39, 0.29) is 5.41 Å². The zero-order valence-corrected chi connectivity index (χ0v) is 37.0. The molecular formula is C64H41NO2. The van der Waals surface area contributed by atoms with Crippen LogP contribution in [0.3, 0.4) is 0 Å². The first-order valence-corrected chi connectivity index (χ1v) is 23.3. The summed E-state index contributed by atoms with van der Waals surface area (Å²) in [5, 5.41) is 4.45. The normalized spacial score (nSPS) is 15.8. The van der Waals surface area contributed by atoms with E-state index in [0.717, 1.165) is 66.5 Å². The fourth-order valence-corrected chi connectivity index (χ4v) is 12.7. The second kappa shape index (κ2) is 13.1. The first kappa shape index (κ1) is 36.9. The van der Waals surface area contributed by atoms with Gasteiger partial charge >= 0.3 is 0 Å².